The largest absolute Gasteiger partial charge is 0.380 e. The molecule has 33 heavy (non-hydrogen) atoms. The van der Waals surface area contributed by atoms with E-state index >= 15 is 0 Å². The van der Waals surface area contributed by atoms with Crippen LogP contribution in [0.3, 0.4) is 0 Å². The first kappa shape index (κ1) is 20.5. The summed E-state index contributed by atoms with van der Waals surface area (Å²) in [7, 11) is -3.60. The van der Waals surface area contributed by atoms with Gasteiger partial charge in [0, 0.05) is 11.8 Å². The zero-order valence-corrected chi connectivity index (χ0v) is 18.1. The fraction of sp³-hybridized carbons (Fsp3) is 0. The predicted molar refractivity (Wildman–Crippen MR) is 125 cm³/mol. The number of benzene rings is 3. The molecule has 8 nitrogen and oxygen atoms in total. The lowest BCUT2D eigenvalue weighted by Gasteiger charge is -2.07. The molecule has 3 aromatic carbocycles. The van der Waals surface area contributed by atoms with Crippen molar-refractivity contribution in [2.75, 3.05) is 5.73 Å². The average Bonchev–Trinajstić information content (AvgIpc) is 3.19. The number of fused-ring (bicyclic) bond motifs is 1. The highest BCUT2D eigenvalue weighted by Crippen LogP contribution is 2.32. The second-order valence-corrected chi connectivity index (χ2v) is 9.13. The number of hydrogen-bond acceptors (Lipinski definition) is 7. The summed E-state index contributed by atoms with van der Waals surface area (Å²) < 4.78 is 27.3. The minimum Gasteiger partial charge on any atom is -0.380 e. The maximum atomic E-state index is 12.9. The van der Waals surface area contributed by atoms with Crippen LogP contribution in [0.25, 0.3) is 16.9 Å². The van der Waals surface area contributed by atoms with Crippen LogP contribution in [0, 0.1) is 0 Å². The summed E-state index contributed by atoms with van der Waals surface area (Å²) in [5, 5.41) is 12.8. The molecule has 0 saturated carbocycles. The van der Waals surface area contributed by atoms with Crippen LogP contribution in [0.5, 0.6) is 0 Å². The van der Waals surface area contributed by atoms with Gasteiger partial charge in [0.05, 0.1) is 21.2 Å². The van der Waals surface area contributed by atoms with Crippen molar-refractivity contribution >= 4 is 32.7 Å². The van der Waals surface area contributed by atoms with E-state index in [0.29, 0.717) is 22.7 Å². The molecule has 0 atom stereocenters. The van der Waals surface area contributed by atoms with Crippen molar-refractivity contribution < 1.29 is 8.42 Å². The molecule has 2 N–H and O–H groups in total. The lowest BCUT2D eigenvalue weighted by Crippen LogP contribution is -2.02. The van der Waals surface area contributed by atoms with Crippen molar-refractivity contribution in [2.24, 2.45) is 10.2 Å². The Balaban J connectivity index is 1.53. The van der Waals surface area contributed by atoms with Crippen molar-refractivity contribution in [1.82, 2.24) is 14.6 Å². The van der Waals surface area contributed by atoms with Crippen LogP contribution in [0.4, 0.5) is 17.2 Å². The number of nitrogens with two attached hydrogens (primary N) is 1. The van der Waals surface area contributed by atoms with Gasteiger partial charge in [0.25, 0.3) is 0 Å². The Hall–Kier alpha value is -4.37. The third kappa shape index (κ3) is 3.85. The van der Waals surface area contributed by atoms with Gasteiger partial charge in [-0.25, -0.2) is 17.9 Å². The van der Waals surface area contributed by atoms with E-state index < -0.39 is 9.84 Å². The maximum absolute atomic E-state index is 12.9. The number of sulfone groups is 1. The molecular formula is C24H18N6O2S. The number of nitrogens with zero attached hydrogens (tertiary/aromatic N) is 5. The van der Waals surface area contributed by atoms with Crippen LogP contribution in [0.2, 0.25) is 0 Å². The van der Waals surface area contributed by atoms with Gasteiger partial charge >= 0.3 is 0 Å². The lowest BCUT2D eigenvalue weighted by molar-refractivity contribution is 0.596. The van der Waals surface area contributed by atoms with Gasteiger partial charge in [0.15, 0.2) is 17.2 Å². The van der Waals surface area contributed by atoms with Crippen LogP contribution < -0.4 is 5.73 Å². The van der Waals surface area contributed by atoms with E-state index in [1.165, 1.54) is 0 Å². The standard InChI is InChI=1S/C24H18N6O2S/c25-23-22(28-27-18-7-3-1-4-8-18)24-26-16-15-21(30(24)29-23)17-11-13-20(14-12-17)33(31,32)19-9-5-2-6-10-19/h1-16H,(H2,25,29). The molecule has 0 aliphatic carbocycles. The lowest BCUT2D eigenvalue weighted by atomic mass is 10.1. The van der Waals surface area contributed by atoms with Crippen molar-refractivity contribution in [3.8, 4) is 11.3 Å². The number of azo groups is 1. The highest BCUT2D eigenvalue weighted by Gasteiger charge is 2.18. The molecule has 0 aliphatic heterocycles. The van der Waals surface area contributed by atoms with Gasteiger partial charge in [-0.05, 0) is 42.5 Å². The zero-order chi connectivity index (χ0) is 22.8. The molecule has 0 spiro atoms. The molecule has 0 saturated heterocycles. The van der Waals surface area contributed by atoms with Gasteiger partial charge in [0.2, 0.25) is 9.84 Å². The Kier molecular flexibility index (Phi) is 5.15. The monoisotopic (exact) mass is 454 g/mol. The first-order valence-electron chi connectivity index (χ1n) is 10.0. The third-order valence-electron chi connectivity index (χ3n) is 5.06. The molecule has 162 valence electrons. The fourth-order valence-corrected chi connectivity index (χ4v) is 4.69. The molecule has 2 aromatic heterocycles. The van der Waals surface area contributed by atoms with Crippen molar-refractivity contribution in [3.05, 3.63) is 97.2 Å². The summed E-state index contributed by atoms with van der Waals surface area (Å²) in [5.74, 6) is 0.193. The Labute approximate surface area is 190 Å². The van der Waals surface area contributed by atoms with E-state index in [0.717, 1.165) is 5.56 Å². The number of aromatic nitrogens is 3. The van der Waals surface area contributed by atoms with Crippen LogP contribution in [-0.4, -0.2) is 23.0 Å². The molecule has 0 fully saturated rings. The van der Waals surface area contributed by atoms with Gasteiger partial charge in [-0.1, -0.05) is 48.5 Å². The SMILES string of the molecule is Nc1nn2c(-c3ccc(S(=O)(=O)c4ccccc4)cc3)ccnc2c1N=Nc1ccccc1. The van der Waals surface area contributed by atoms with Gasteiger partial charge < -0.3 is 5.73 Å². The fourth-order valence-electron chi connectivity index (χ4n) is 3.41. The minimum absolute atomic E-state index is 0.193. The van der Waals surface area contributed by atoms with Gasteiger partial charge in [0.1, 0.15) is 0 Å². The molecule has 2 heterocycles. The molecule has 0 bridgehead atoms. The van der Waals surface area contributed by atoms with E-state index in [1.807, 2.05) is 30.3 Å². The van der Waals surface area contributed by atoms with E-state index in [4.69, 9.17) is 5.73 Å². The van der Waals surface area contributed by atoms with Crippen molar-refractivity contribution in [1.29, 1.82) is 0 Å². The maximum Gasteiger partial charge on any atom is 0.206 e. The molecular weight excluding hydrogens is 436 g/mol. The van der Waals surface area contributed by atoms with Crippen LogP contribution in [-0.2, 0) is 9.84 Å². The van der Waals surface area contributed by atoms with Crippen molar-refractivity contribution in [2.45, 2.75) is 9.79 Å². The van der Waals surface area contributed by atoms with Crippen LogP contribution in [0.15, 0.2) is 117 Å². The molecule has 5 aromatic rings. The molecule has 9 heteroatoms. The summed E-state index contributed by atoms with van der Waals surface area (Å²) in [6.45, 7) is 0. The van der Waals surface area contributed by atoms with E-state index in [-0.39, 0.29) is 15.6 Å². The first-order valence-corrected chi connectivity index (χ1v) is 11.5. The number of anilines is 1. The summed E-state index contributed by atoms with van der Waals surface area (Å²) in [5.41, 5.74) is 9.05. The average molecular weight is 455 g/mol. The summed E-state index contributed by atoms with van der Waals surface area (Å²) in [4.78, 5) is 4.82. The van der Waals surface area contributed by atoms with Gasteiger partial charge in [-0.3, -0.25) is 0 Å². The second-order valence-electron chi connectivity index (χ2n) is 7.18. The first-order chi connectivity index (χ1) is 16.0. The smallest absolute Gasteiger partial charge is 0.206 e. The Bertz CT molecular complexity index is 1560. The quantitative estimate of drug-likeness (QED) is 0.365. The molecule has 0 amide bonds. The highest BCUT2D eigenvalue weighted by atomic mass is 32.2. The third-order valence-corrected chi connectivity index (χ3v) is 6.84. The molecule has 0 unspecified atom stereocenters. The second kappa shape index (κ2) is 8.29. The van der Waals surface area contributed by atoms with Gasteiger partial charge in [-0.15, -0.1) is 10.2 Å². The number of hydrogen-bond donors (Lipinski definition) is 1. The molecule has 0 aliphatic rings. The summed E-state index contributed by atoms with van der Waals surface area (Å²) in [6.07, 6.45) is 1.63. The zero-order valence-electron chi connectivity index (χ0n) is 17.3. The Morgan fingerprint density at radius 2 is 1.39 bits per heavy atom. The van der Waals surface area contributed by atoms with Crippen molar-refractivity contribution in [3.63, 3.8) is 0 Å². The van der Waals surface area contributed by atoms with E-state index in [2.05, 4.69) is 20.3 Å². The van der Waals surface area contributed by atoms with E-state index in [1.54, 1.807) is 71.4 Å². The number of rotatable bonds is 5. The number of nitrogen functional groups attached to an aromatic ring is 1. The Morgan fingerprint density at radius 3 is 2.09 bits per heavy atom. The van der Waals surface area contributed by atoms with Crippen LogP contribution in [0.1, 0.15) is 0 Å². The topological polar surface area (TPSA) is 115 Å². The van der Waals surface area contributed by atoms with Crippen LogP contribution >= 0.6 is 0 Å². The molecule has 5 rings (SSSR count). The molecule has 0 radical (unpaired) electrons. The normalized spacial score (nSPS) is 11.9. The highest BCUT2D eigenvalue weighted by molar-refractivity contribution is 7.91. The summed E-state index contributed by atoms with van der Waals surface area (Å²) >= 11 is 0. The van der Waals surface area contributed by atoms with E-state index in [9.17, 15) is 8.42 Å². The minimum atomic E-state index is -3.60. The van der Waals surface area contributed by atoms with Gasteiger partial charge in [-0.2, -0.15) is 5.11 Å². The predicted octanol–water partition coefficient (Wildman–Crippen LogP) is 5.23. The summed E-state index contributed by atoms with van der Waals surface area (Å²) in [6, 6.07) is 26.0. The Morgan fingerprint density at radius 1 is 0.758 bits per heavy atom.